The van der Waals surface area contributed by atoms with Crippen molar-refractivity contribution in [2.45, 2.75) is 13.3 Å². The van der Waals surface area contributed by atoms with E-state index in [9.17, 15) is 13.2 Å². The van der Waals surface area contributed by atoms with Crippen molar-refractivity contribution in [1.82, 2.24) is 5.32 Å². The Labute approximate surface area is 119 Å². The third kappa shape index (κ3) is 4.20. The van der Waals surface area contributed by atoms with Gasteiger partial charge in [-0.1, -0.05) is 30.3 Å². The molecular formula is C15H19NO3S. The molecular weight excluding hydrogens is 274 g/mol. The van der Waals surface area contributed by atoms with E-state index in [0.717, 1.165) is 11.1 Å². The van der Waals surface area contributed by atoms with Crippen LogP contribution in [0, 0.1) is 5.92 Å². The zero-order valence-electron chi connectivity index (χ0n) is 11.5. The highest BCUT2D eigenvalue weighted by Gasteiger charge is 2.27. The first kappa shape index (κ1) is 14.8. The Bertz CT molecular complexity index is 605. The van der Waals surface area contributed by atoms with Crippen molar-refractivity contribution < 1.29 is 13.2 Å². The summed E-state index contributed by atoms with van der Waals surface area (Å²) in [4.78, 5) is 11.8. The molecule has 4 nitrogen and oxygen atoms in total. The van der Waals surface area contributed by atoms with E-state index < -0.39 is 9.84 Å². The lowest BCUT2D eigenvalue weighted by Gasteiger charge is -2.08. The fourth-order valence-corrected chi connectivity index (χ4v) is 4.17. The number of hydrogen-bond acceptors (Lipinski definition) is 3. The minimum absolute atomic E-state index is 0.0504. The van der Waals surface area contributed by atoms with Gasteiger partial charge in [-0.25, -0.2) is 8.42 Å². The van der Waals surface area contributed by atoms with Gasteiger partial charge in [-0.3, -0.25) is 4.79 Å². The predicted molar refractivity (Wildman–Crippen MR) is 79.9 cm³/mol. The van der Waals surface area contributed by atoms with E-state index in [2.05, 4.69) is 5.32 Å². The summed E-state index contributed by atoms with van der Waals surface area (Å²) in [5, 5.41) is 2.78. The molecule has 0 saturated carbocycles. The minimum atomic E-state index is -2.88. The number of rotatable bonds is 4. The zero-order valence-corrected chi connectivity index (χ0v) is 12.3. The molecule has 108 valence electrons. The third-order valence-corrected chi connectivity index (χ3v) is 5.31. The van der Waals surface area contributed by atoms with Gasteiger partial charge in [0.2, 0.25) is 5.91 Å². The Morgan fingerprint density at radius 3 is 2.65 bits per heavy atom. The molecule has 20 heavy (non-hydrogen) atoms. The number of amides is 1. The van der Waals surface area contributed by atoms with Crippen LogP contribution < -0.4 is 5.32 Å². The van der Waals surface area contributed by atoms with Crippen LogP contribution in [0.25, 0.3) is 5.57 Å². The molecule has 0 spiro atoms. The monoisotopic (exact) mass is 293 g/mol. The molecule has 1 aliphatic heterocycles. The molecule has 1 saturated heterocycles. The molecule has 1 aliphatic rings. The summed E-state index contributed by atoms with van der Waals surface area (Å²) in [5.41, 5.74) is 1.90. The van der Waals surface area contributed by atoms with Gasteiger partial charge in [0.15, 0.2) is 9.84 Å². The highest BCUT2D eigenvalue weighted by molar-refractivity contribution is 7.91. The molecule has 1 N–H and O–H groups in total. The number of hydrogen-bond donors (Lipinski definition) is 1. The van der Waals surface area contributed by atoms with E-state index in [1.807, 2.05) is 37.3 Å². The molecule has 1 aromatic rings. The maximum absolute atomic E-state index is 11.8. The van der Waals surface area contributed by atoms with Crippen molar-refractivity contribution in [3.63, 3.8) is 0 Å². The van der Waals surface area contributed by atoms with Gasteiger partial charge in [-0.2, -0.15) is 0 Å². The number of carbonyl (C=O) groups is 1. The van der Waals surface area contributed by atoms with Crippen molar-refractivity contribution in [2.75, 3.05) is 18.1 Å². The summed E-state index contributed by atoms with van der Waals surface area (Å²) in [6, 6.07) is 9.67. The Kier molecular flexibility index (Phi) is 4.60. The number of carbonyl (C=O) groups excluding carboxylic acids is 1. The minimum Gasteiger partial charge on any atom is -0.352 e. The van der Waals surface area contributed by atoms with Crippen molar-refractivity contribution in [2.24, 2.45) is 5.92 Å². The SMILES string of the molecule is C/C(=C\C(=O)NCC1CCS(=O)(=O)C1)c1ccccc1. The second kappa shape index (κ2) is 6.22. The van der Waals surface area contributed by atoms with E-state index in [1.54, 1.807) is 6.08 Å². The molecule has 0 aromatic heterocycles. The van der Waals surface area contributed by atoms with Gasteiger partial charge in [-0.15, -0.1) is 0 Å². The average Bonchev–Trinajstić information content (AvgIpc) is 2.77. The summed E-state index contributed by atoms with van der Waals surface area (Å²) in [5.74, 6) is 0.311. The van der Waals surface area contributed by atoms with Gasteiger partial charge in [0.05, 0.1) is 11.5 Å². The predicted octanol–water partition coefficient (Wildman–Crippen LogP) is 1.64. The van der Waals surface area contributed by atoms with Gasteiger partial charge in [0.25, 0.3) is 0 Å². The smallest absolute Gasteiger partial charge is 0.244 e. The van der Waals surface area contributed by atoms with Crippen LogP contribution in [-0.4, -0.2) is 32.4 Å². The summed E-state index contributed by atoms with van der Waals surface area (Å²) in [6.45, 7) is 2.31. The van der Waals surface area contributed by atoms with E-state index in [4.69, 9.17) is 0 Å². The molecule has 1 amide bonds. The number of benzene rings is 1. The first-order valence-corrected chi connectivity index (χ1v) is 8.50. The number of nitrogens with one attached hydrogen (secondary N) is 1. The van der Waals surface area contributed by atoms with Crippen LogP contribution in [0.2, 0.25) is 0 Å². The fourth-order valence-electron chi connectivity index (χ4n) is 2.31. The van der Waals surface area contributed by atoms with Crippen molar-refractivity contribution >= 4 is 21.3 Å². The molecule has 0 aliphatic carbocycles. The maximum Gasteiger partial charge on any atom is 0.244 e. The van der Waals surface area contributed by atoms with Crippen LogP contribution in [0.4, 0.5) is 0 Å². The van der Waals surface area contributed by atoms with E-state index in [0.29, 0.717) is 13.0 Å². The van der Waals surface area contributed by atoms with Crippen LogP contribution in [0.15, 0.2) is 36.4 Å². The van der Waals surface area contributed by atoms with Crippen LogP contribution in [0.1, 0.15) is 18.9 Å². The molecule has 1 atom stereocenters. The molecule has 0 bridgehead atoms. The average molecular weight is 293 g/mol. The first-order valence-electron chi connectivity index (χ1n) is 6.68. The van der Waals surface area contributed by atoms with Gasteiger partial charge in [0, 0.05) is 12.6 Å². The van der Waals surface area contributed by atoms with Crippen molar-refractivity contribution in [3.8, 4) is 0 Å². The van der Waals surface area contributed by atoms with Crippen molar-refractivity contribution in [3.05, 3.63) is 42.0 Å². The topological polar surface area (TPSA) is 63.2 Å². The van der Waals surface area contributed by atoms with E-state index in [-0.39, 0.29) is 23.3 Å². The first-order chi connectivity index (χ1) is 9.46. The number of sulfone groups is 1. The largest absolute Gasteiger partial charge is 0.352 e. The van der Waals surface area contributed by atoms with Gasteiger partial charge in [0.1, 0.15) is 0 Å². The summed E-state index contributed by atoms with van der Waals surface area (Å²) in [7, 11) is -2.88. The molecule has 1 fully saturated rings. The zero-order chi connectivity index (χ0) is 14.6. The van der Waals surface area contributed by atoms with E-state index >= 15 is 0 Å². The van der Waals surface area contributed by atoms with Crippen molar-refractivity contribution in [1.29, 1.82) is 0 Å². The van der Waals surface area contributed by atoms with Gasteiger partial charge >= 0.3 is 0 Å². The molecule has 2 rings (SSSR count). The quantitative estimate of drug-likeness (QED) is 0.858. The molecule has 1 unspecified atom stereocenters. The standard InChI is InChI=1S/C15H19NO3S/c1-12(14-5-3-2-4-6-14)9-15(17)16-10-13-7-8-20(18,19)11-13/h2-6,9,13H,7-8,10-11H2,1H3,(H,16,17)/b12-9+. The van der Waals surface area contributed by atoms with E-state index in [1.165, 1.54) is 0 Å². The van der Waals surface area contributed by atoms with Gasteiger partial charge < -0.3 is 5.32 Å². The lowest BCUT2D eigenvalue weighted by atomic mass is 10.1. The number of allylic oxidation sites excluding steroid dienone is 1. The Morgan fingerprint density at radius 1 is 1.35 bits per heavy atom. The highest BCUT2D eigenvalue weighted by atomic mass is 32.2. The van der Waals surface area contributed by atoms with Crippen LogP contribution in [-0.2, 0) is 14.6 Å². The van der Waals surface area contributed by atoms with Crippen LogP contribution in [0.5, 0.6) is 0 Å². The molecule has 1 heterocycles. The molecule has 1 aromatic carbocycles. The second-order valence-electron chi connectivity index (χ2n) is 5.21. The second-order valence-corrected chi connectivity index (χ2v) is 7.44. The Hall–Kier alpha value is -1.62. The Morgan fingerprint density at radius 2 is 2.05 bits per heavy atom. The lowest BCUT2D eigenvalue weighted by Crippen LogP contribution is -2.28. The Balaban J connectivity index is 1.87. The summed E-state index contributed by atoms with van der Waals surface area (Å²) < 4.78 is 22.6. The third-order valence-electron chi connectivity index (χ3n) is 3.47. The van der Waals surface area contributed by atoms with Crippen LogP contribution in [0.3, 0.4) is 0 Å². The fraction of sp³-hybridized carbons (Fsp3) is 0.400. The summed E-state index contributed by atoms with van der Waals surface area (Å²) in [6.07, 6.45) is 2.20. The molecule has 0 radical (unpaired) electrons. The summed E-state index contributed by atoms with van der Waals surface area (Å²) >= 11 is 0. The molecule has 5 heteroatoms. The van der Waals surface area contributed by atoms with Gasteiger partial charge in [-0.05, 0) is 30.4 Å². The highest BCUT2D eigenvalue weighted by Crippen LogP contribution is 2.17. The maximum atomic E-state index is 11.8. The van der Waals surface area contributed by atoms with Crippen LogP contribution >= 0.6 is 0 Å². The normalized spacial score (nSPS) is 21.6. The lowest BCUT2D eigenvalue weighted by molar-refractivity contribution is -0.116.